The molecule has 5 heteroatoms. The molecule has 1 aromatic heterocycles. The van der Waals surface area contributed by atoms with Gasteiger partial charge in [0, 0.05) is 15.5 Å². The first kappa shape index (κ1) is 10.6. The SMILES string of the molecule is CCn1c(Br)nc2cc(Br)c(Br)cc21. The molecule has 0 saturated carbocycles. The van der Waals surface area contributed by atoms with Crippen molar-refractivity contribution in [1.29, 1.82) is 0 Å². The van der Waals surface area contributed by atoms with Crippen molar-refractivity contribution in [2.75, 3.05) is 0 Å². The highest BCUT2D eigenvalue weighted by molar-refractivity contribution is 9.13. The maximum Gasteiger partial charge on any atom is 0.178 e. The van der Waals surface area contributed by atoms with Gasteiger partial charge in [-0.2, -0.15) is 0 Å². The van der Waals surface area contributed by atoms with Crippen LogP contribution in [0.3, 0.4) is 0 Å². The fraction of sp³-hybridized carbons (Fsp3) is 0.222. The molecular weight excluding hydrogens is 376 g/mol. The van der Waals surface area contributed by atoms with E-state index < -0.39 is 0 Å². The maximum absolute atomic E-state index is 4.41. The Morgan fingerprint density at radius 1 is 1.21 bits per heavy atom. The highest BCUT2D eigenvalue weighted by atomic mass is 79.9. The third kappa shape index (κ3) is 1.66. The maximum atomic E-state index is 4.41. The van der Waals surface area contributed by atoms with E-state index in [1.165, 1.54) is 0 Å². The minimum absolute atomic E-state index is 0.875. The van der Waals surface area contributed by atoms with Gasteiger partial charge in [0.1, 0.15) is 0 Å². The number of rotatable bonds is 1. The van der Waals surface area contributed by atoms with Crippen LogP contribution in [0.5, 0.6) is 0 Å². The highest BCUT2D eigenvalue weighted by Gasteiger charge is 2.09. The zero-order valence-electron chi connectivity index (χ0n) is 7.39. The molecule has 1 heterocycles. The molecule has 14 heavy (non-hydrogen) atoms. The van der Waals surface area contributed by atoms with Crippen molar-refractivity contribution in [1.82, 2.24) is 9.55 Å². The Morgan fingerprint density at radius 3 is 2.50 bits per heavy atom. The summed E-state index contributed by atoms with van der Waals surface area (Å²) in [5.41, 5.74) is 2.13. The van der Waals surface area contributed by atoms with Crippen molar-refractivity contribution in [3.05, 3.63) is 25.8 Å². The standard InChI is InChI=1S/C9H7Br3N2/c1-2-14-8-4-6(11)5(10)3-7(8)13-9(14)12/h3-4H,2H2,1H3. The predicted octanol–water partition coefficient (Wildman–Crippen LogP) is 4.34. The molecule has 0 spiro atoms. The van der Waals surface area contributed by atoms with Gasteiger partial charge in [0.2, 0.25) is 0 Å². The van der Waals surface area contributed by atoms with Crippen molar-refractivity contribution in [3.8, 4) is 0 Å². The molecule has 2 nitrogen and oxygen atoms in total. The molecule has 0 amide bonds. The van der Waals surface area contributed by atoms with Crippen LogP contribution < -0.4 is 0 Å². The number of nitrogens with zero attached hydrogens (tertiary/aromatic N) is 2. The Labute approximate surface area is 107 Å². The first-order valence-electron chi connectivity index (χ1n) is 4.14. The van der Waals surface area contributed by atoms with Gasteiger partial charge in [0.25, 0.3) is 0 Å². The summed E-state index contributed by atoms with van der Waals surface area (Å²) in [6.07, 6.45) is 0. The van der Waals surface area contributed by atoms with Crippen molar-refractivity contribution >= 4 is 58.8 Å². The molecule has 0 radical (unpaired) electrons. The highest BCUT2D eigenvalue weighted by Crippen LogP contribution is 2.30. The minimum Gasteiger partial charge on any atom is -0.319 e. The van der Waals surface area contributed by atoms with E-state index >= 15 is 0 Å². The van der Waals surface area contributed by atoms with E-state index in [2.05, 4.69) is 70.3 Å². The van der Waals surface area contributed by atoms with Crippen LogP contribution >= 0.6 is 47.8 Å². The molecule has 0 aliphatic heterocycles. The van der Waals surface area contributed by atoms with E-state index in [0.717, 1.165) is 31.3 Å². The van der Waals surface area contributed by atoms with Crippen LogP contribution in [0.1, 0.15) is 6.92 Å². The third-order valence-corrected chi connectivity index (χ3v) is 4.51. The van der Waals surface area contributed by atoms with Crippen molar-refractivity contribution in [3.63, 3.8) is 0 Å². The molecule has 2 aromatic rings. The van der Waals surface area contributed by atoms with Gasteiger partial charge >= 0.3 is 0 Å². The smallest absolute Gasteiger partial charge is 0.178 e. The average Bonchev–Trinajstić information content (AvgIpc) is 2.42. The number of hydrogen-bond donors (Lipinski definition) is 0. The lowest BCUT2D eigenvalue weighted by Gasteiger charge is -2.01. The minimum atomic E-state index is 0.875. The second-order valence-corrected chi connectivity index (χ2v) is 5.30. The molecule has 0 bridgehead atoms. The molecule has 0 atom stereocenters. The van der Waals surface area contributed by atoms with Gasteiger partial charge in [-0.15, -0.1) is 0 Å². The predicted molar refractivity (Wildman–Crippen MR) is 68.5 cm³/mol. The lowest BCUT2D eigenvalue weighted by atomic mass is 10.3. The topological polar surface area (TPSA) is 17.8 Å². The second kappa shape index (κ2) is 3.94. The second-order valence-electron chi connectivity index (χ2n) is 2.88. The summed E-state index contributed by atoms with van der Waals surface area (Å²) in [7, 11) is 0. The number of benzene rings is 1. The first-order valence-corrected chi connectivity index (χ1v) is 6.52. The Balaban J connectivity index is 2.82. The average molecular weight is 383 g/mol. The van der Waals surface area contributed by atoms with Gasteiger partial charge in [-0.3, -0.25) is 0 Å². The van der Waals surface area contributed by atoms with Crippen LogP contribution in [0.25, 0.3) is 11.0 Å². The first-order chi connectivity index (χ1) is 6.63. The number of aromatic nitrogens is 2. The Kier molecular flexibility index (Phi) is 3.00. The lowest BCUT2D eigenvalue weighted by molar-refractivity contribution is 0.765. The van der Waals surface area contributed by atoms with Gasteiger partial charge in [0.15, 0.2) is 4.73 Å². The van der Waals surface area contributed by atoms with E-state index in [1.807, 2.05) is 6.07 Å². The van der Waals surface area contributed by atoms with E-state index in [0.29, 0.717) is 0 Å². The molecule has 0 aliphatic carbocycles. The van der Waals surface area contributed by atoms with Gasteiger partial charge in [0.05, 0.1) is 11.0 Å². The van der Waals surface area contributed by atoms with E-state index in [-0.39, 0.29) is 0 Å². The Hall–Kier alpha value is 0.130. The van der Waals surface area contributed by atoms with Gasteiger partial charge in [-0.1, -0.05) is 0 Å². The molecule has 74 valence electrons. The zero-order chi connectivity index (χ0) is 10.3. The van der Waals surface area contributed by atoms with Gasteiger partial charge < -0.3 is 4.57 Å². The molecule has 0 fully saturated rings. The summed E-state index contributed by atoms with van der Waals surface area (Å²) >= 11 is 10.4. The molecule has 0 unspecified atom stereocenters. The summed E-state index contributed by atoms with van der Waals surface area (Å²) in [5.74, 6) is 0. The van der Waals surface area contributed by atoms with Crippen LogP contribution in [0, 0.1) is 0 Å². The molecule has 0 aliphatic rings. The Morgan fingerprint density at radius 2 is 1.86 bits per heavy atom. The van der Waals surface area contributed by atoms with E-state index in [9.17, 15) is 0 Å². The molecule has 1 aromatic carbocycles. The van der Waals surface area contributed by atoms with Crippen LogP contribution in [0.15, 0.2) is 25.8 Å². The molecule has 0 N–H and O–H groups in total. The number of fused-ring (bicyclic) bond motifs is 1. The van der Waals surface area contributed by atoms with Crippen LogP contribution in [-0.4, -0.2) is 9.55 Å². The van der Waals surface area contributed by atoms with Crippen molar-refractivity contribution in [2.24, 2.45) is 0 Å². The van der Waals surface area contributed by atoms with Gasteiger partial charge in [-0.05, 0) is 66.8 Å². The summed E-state index contributed by atoms with van der Waals surface area (Å²) in [6, 6.07) is 4.08. The monoisotopic (exact) mass is 380 g/mol. The van der Waals surface area contributed by atoms with Gasteiger partial charge in [-0.25, -0.2) is 4.98 Å². The lowest BCUT2D eigenvalue weighted by Crippen LogP contribution is -1.93. The number of hydrogen-bond acceptors (Lipinski definition) is 1. The summed E-state index contributed by atoms with van der Waals surface area (Å²) < 4.78 is 5.07. The molecule has 2 rings (SSSR count). The Bertz CT molecular complexity index is 490. The fourth-order valence-electron chi connectivity index (χ4n) is 1.39. The summed E-state index contributed by atoms with van der Waals surface area (Å²) in [6.45, 7) is 3.01. The van der Waals surface area contributed by atoms with E-state index in [4.69, 9.17) is 0 Å². The number of aryl methyl sites for hydroxylation is 1. The fourth-order valence-corrected chi connectivity index (χ4v) is 2.69. The van der Waals surface area contributed by atoms with E-state index in [1.54, 1.807) is 0 Å². The van der Waals surface area contributed by atoms with Crippen molar-refractivity contribution in [2.45, 2.75) is 13.5 Å². The number of imidazole rings is 1. The number of halogens is 3. The largest absolute Gasteiger partial charge is 0.319 e. The zero-order valence-corrected chi connectivity index (χ0v) is 12.1. The summed E-state index contributed by atoms with van der Waals surface area (Å²) in [5, 5.41) is 0. The van der Waals surface area contributed by atoms with Crippen molar-refractivity contribution < 1.29 is 0 Å². The normalized spacial score (nSPS) is 11.1. The van der Waals surface area contributed by atoms with Crippen LogP contribution in [0.2, 0.25) is 0 Å². The quantitative estimate of drug-likeness (QED) is 0.717. The molecular formula is C9H7Br3N2. The summed E-state index contributed by atoms with van der Waals surface area (Å²) in [4.78, 5) is 4.41. The third-order valence-electron chi connectivity index (χ3n) is 2.06. The van der Waals surface area contributed by atoms with Crippen LogP contribution in [-0.2, 0) is 6.54 Å². The van der Waals surface area contributed by atoms with Crippen LogP contribution in [0.4, 0.5) is 0 Å². The molecule has 0 saturated heterocycles.